The highest BCUT2D eigenvalue weighted by Gasteiger charge is 2.42. The highest BCUT2D eigenvalue weighted by molar-refractivity contribution is 5.94. The van der Waals surface area contributed by atoms with Gasteiger partial charge in [0.15, 0.2) is 11.5 Å². The second-order valence-corrected chi connectivity index (χ2v) is 13.4. The fourth-order valence-electron chi connectivity index (χ4n) is 7.27. The van der Waals surface area contributed by atoms with Crippen molar-refractivity contribution in [2.24, 2.45) is 0 Å². The van der Waals surface area contributed by atoms with Gasteiger partial charge in [-0.1, -0.05) is 6.07 Å². The molecule has 2 aliphatic rings. The van der Waals surface area contributed by atoms with Gasteiger partial charge in [0.05, 0.1) is 54.1 Å². The number of rotatable bonds is 7. The quantitative estimate of drug-likeness (QED) is 0.231. The highest BCUT2D eigenvalue weighted by Crippen LogP contribution is 2.36. The molecule has 1 amide bonds. The topological polar surface area (TPSA) is 138 Å². The monoisotopic (exact) mass is 742 g/mol. The molecule has 8 rings (SSSR count). The van der Waals surface area contributed by atoms with Crippen molar-refractivity contribution >= 4 is 39.7 Å². The number of aromatic nitrogens is 7. The Kier molecular flexibility index (Phi) is 9.27. The number of aryl methyl sites for hydroxylation is 1. The molecule has 1 unspecified atom stereocenters. The van der Waals surface area contributed by atoms with E-state index in [0.29, 0.717) is 59.0 Å². The van der Waals surface area contributed by atoms with Crippen molar-refractivity contribution in [1.29, 1.82) is 0 Å². The third kappa shape index (κ3) is 6.42. The van der Waals surface area contributed by atoms with Crippen LogP contribution in [-0.4, -0.2) is 111 Å². The number of halogens is 3. The Morgan fingerprint density at radius 1 is 0.981 bits per heavy atom. The predicted molar refractivity (Wildman–Crippen MR) is 193 cm³/mol. The number of anilines is 2. The van der Waals surface area contributed by atoms with Gasteiger partial charge in [-0.05, 0) is 31.2 Å². The number of pyridine rings is 1. The minimum Gasteiger partial charge on any atom is -0.472 e. The van der Waals surface area contributed by atoms with E-state index in [1.54, 1.807) is 44.4 Å². The van der Waals surface area contributed by atoms with Gasteiger partial charge in [0, 0.05) is 64.5 Å². The summed E-state index contributed by atoms with van der Waals surface area (Å²) in [4.78, 5) is 37.0. The van der Waals surface area contributed by atoms with E-state index in [1.807, 2.05) is 16.4 Å². The van der Waals surface area contributed by atoms with E-state index in [4.69, 9.17) is 24.2 Å². The molecule has 1 fully saturated rings. The number of likely N-dealkylation sites (N-methyl/N-ethyl adjacent to an activating group) is 1. The zero-order chi connectivity index (χ0) is 37.7. The summed E-state index contributed by atoms with van der Waals surface area (Å²) in [7, 11) is 4.86. The van der Waals surface area contributed by atoms with Gasteiger partial charge < -0.3 is 33.9 Å². The van der Waals surface area contributed by atoms with Crippen LogP contribution in [0, 0.1) is 24.4 Å². The molecule has 0 spiro atoms. The number of ether oxygens (including phenoxy) is 3. The summed E-state index contributed by atoms with van der Waals surface area (Å²) in [5.41, 5.74) is 2.43. The van der Waals surface area contributed by atoms with Gasteiger partial charge in [-0.3, -0.25) is 4.79 Å². The lowest BCUT2D eigenvalue weighted by molar-refractivity contribution is -0.133. The largest absolute Gasteiger partial charge is 0.472 e. The maximum atomic E-state index is 15.1. The molecule has 0 radical (unpaired) electrons. The Balaban J connectivity index is 1.25. The molecule has 3 atom stereocenters. The van der Waals surface area contributed by atoms with Crippen LogP contribution >= 0.6 is 0 Å². The Labute approximate surface area is 307 Å². The molecule has 6 heterocycles. The van der Waals surface area contributed by atoms with Crippen LogP contribution in [0.3, 0.4) is 0 Å². The van der Waals surface area contributed by atoms with Gasteiger partial charge >= 0.3 is 0 Å². The van der Waals surface area contributed by atoms with Crippen molar-refractivity contribution in [3.05, 3.63) is 78.0 Å². The van der Waals surface area contributed by atoms with Gasteiger partial charge in [-0.15, -0.1) is 0 Å². The van der Waals surface area contributed by atoms with Crippen molar-refractivity contribution < 1.29 is 32.2 Å². The molecule has 6 aromatic rings. The highest BCUT2D eigenvalue weighted by atomic mass is 19.1. The molecule has 2 aromatic carbocycles. The first-order valence-electron chi connectivity index (χ1n) is 17.4. The number of hydrogen-bond donors (Lipinski definition) is 1. The van der Waals surface area contributed by atoms with E-state index in [0.717, 1.165) is 12.1 Å². The summed E-state index contributed by atoms with van der Waals surface area (Å²) in [6, 6.07) is 10.5. The van der Waals surface area contributed by atoms with Crippen molar-refractivity contribution in [2.45, 2.75) is 38.1 Å². The minimum atomic E-state index is -0.828. The third-order valence-electron chi connectivity index (χ3n) is 9.81. The number of benzene rings is 2. The molecule has 1 N–H and O–H groups in total. The number of nitrogens with one attached hydrogen (secondary N) is 1. The summed E-state index contributed by atoms with van der Waals surface area (Å²) in [6.45, 7) is 3.30. The summed E-state index contributed by atoms with van der Waals surface area (Å²) in [5.74, 6) is -0.737. The Morgan fingerprint density at radius 3 is 2.63 bits per heavy atom. The van der Waals surface area contributed by atoms with Crippen LogP contribution in [0.15, 0.2) is 54.7 Å². The van der Waals surface area contributed by atoms with Crippen LogP contribution in [0.5, 0.6) is 5.88 Å². The first-order chi connectivity index (χ1) is 26.1. The molecule has 0 saturated carbocycles. The molecular formula is C37H37F3N10O4. The molecule has 17 heteroatoms. The maximum absolute atomic E-state index is 15.1. The lowest BCUT2D eigenvalue weighted by Gasteiger charge is -2.31. The van der Waals surface area contributed by atoms with E-state index >= 15 is 8.78 Å². The van der Waals surface area contributed by atoms with E-state index in [9.17, 15) is 9.18 Å². The maximum Gasteiger partial charge on any atom is 0.245 e. The Morgan fingerprint density at radius 2 is 1.83 bits per heavy atom. The van der Waals surface area contributed by atoms with E-state index < -0.39 is 35.7 Å². The molecular weight excluding hydrogens is 705 g/mol. The number of nitrogens with zero attached hydrogens (tertiary/aromatic N) is 9. The fraction of sp³-hybridized carbons (Fsp3) is 0.351. The number of methoxy groups -OCH3 is 2. The van der Waals surface area contributed by atoms with Crippen LogP contribution in [0.1, 0.15) is 12.2 Å². The molecule has 14 nitrogen and oxygen atoms in total. The summed E-state index contributed by atoms with van der Waals surface area (Å²) in [6.07, 6.45) is 0.747. The number of amides is 1. The van der Waals surface area contributed by atoms with Crippen molar-refractivity contribution in [3.8, 4) is 22.8 Å². The molecule has 4 aromatic heterocycles. The molecule has 4 bridgehead atoms. The van der Waals surface area contributed by atoms with Crippen LogP contribution in [0.25, 0.3) is 39.0 Å². The standard InChI is InChI=1S/C37H37F3N10O4/c1-20-43-29-14-22(39)12-25-28-6-5-7-32(44-28)54-23-15-31(36(51)47(2)17-24(53-4)19-48(20)33(25)29)49(18-23)34-26-16-42-50(30-9-8-21(38)13-27(30)40)35(26)46-37(45-34)41-10-11-52-3/h5-9,12-14,16,23-24,31H,10-11,15,17-19H2,1-4H3,(H,41,45,46)/t23-,24?,31-/m0/s1. The second kappa shape index (κ2) is 14.2. The molecule has 280 valence electrons. The lowest BCUT2D eigenvalue weighted by atomic mass is 10.1. The van der Waals surface area contributed by atoms with Gasteiger partial charge in [0.25, 0.3) is 0 Å². The summed E-state index contributed by atoms with van der Waals surface area (Å²) >= 11 is 0. The number of hydrogen-bond acceptors (Lipinski definition) is 11. The van der Waals surface area contributed by atoms with Crippen molar-refractivity contribution in [1.82, 2.24) is 39.2 Å². The second-order valence-electron chi connectivity index (χ2n) is 13.4. The van der Waals surface area contributed by atoms with Crippen LogP contribution in [0.4, 0.5) is 24.9 Å². The van der Waals surface area contributed by atoms with Crippen LogP contribution in [0.2, 0.25) is 0 Å². The average molecular weight is 743 g/mol. The number of carbonyl (C=O) groups is 1. The fourth-order valence-corrected chi connectivity index (χ4v) is 7.27. The normalized spacial score (nSPS) is 18.9. The smallest absolute Gasteiger partial charge is 0.245 e. The summed E-state index contributed by atoms with van der Waals surface area (Å²) in [5, 5.41) is 8.00. The Hall–Kier alpha value is -5.81. The first kappa shape index (κ1) is 35.2. The van der Waals surface area contributed by atoms with E-state index in [2.05, 4.69) is 20.4 Å². The van der Waals surface area contributed by atoms with Crippen molar-refractivity contribution in [2.75, 3.05) is 57.7 Å². The van der Waals surface area contributed by atoms with Crippen LogP contribution < -0.4 is 15.0 Å². The number of carbonyl (C=O) groups excluding carboxylic acids is 1. The van der Waals surface area contributed by atoms with Gasteiger partial charge in [-0.2, -0.15) is 15.1 Å². The lowest BCUT2D eigenvalue weighted by Crippen LogP contribution is -2.47. The van der Waals surface area contributed by atoms with Gasteiger partial charge in [0.1, 0.15) is 41.1 Å². The molecule has 2 aliphatic heterocycles. The van der Waals surface area contributed by atoms with Crippen molar-refractivity contribution in [3.63, 3.8) is 0 Å². The van der Waals surface area contributed by atoms with Gasteiger partial charge in [-0.25, -0.2) is 27.8 Å². The third-order valence-corrected chi connectivity index (χ3v) is 9.81. The van der Waals surface area contributed by atoms with Crippen LogP contribution in [-0.2, 0) is 20.8 Å². The average Bonchev–Trinajstić information content (AvgIpc) is 3.85. The zero-order valence-electron chi connectivity index (χ0n) is 30.0. The van der Waals surface area contributed by atoms with E-state index in [1.165, 1.54) is 29.1 Å². The first-order valence-corrected chi connectivity index (χ1v) is 17.4. The minimum absolute atomic E-state index is 0.0150. The SMILES string of the molecule is COCCNc1nc(N2C[C@@H]3C[C@H]2C(=O)N(C)CC(OC)Cn2c(C)nc4cc(F)cc(c42)-c2cccc(n2)O3)c2cnn(-c3ccc(F)cc3F)c2n1. The molecule has 1 saturated heterocycles. The zero-order valence-corrected chi connectivity index (χ0v) is 30.0. The molecule has 54 heavy (non-hydrogen) atoms. The van der Waals surface area contributed by atoms with E-state index in [-0.39, 0.29) is 48.6 Å². The Bertz CT molecular complexity index is 2390. The number of fused-ring (bicyclic) bond motifs is 6. The van der Waals surface area contributed by atoms with Gasteiger partial charge in [0.2, 0.25) is 17.7 Å². The summed E-state index contributed by atoms with van der Waals surface area (Å²) < 4.78 is 64.9. The molecule has 0 aliphatic carbocycles. The predicted octanol–water partition coefficient (Wildman–Crippen LogP) is 4.52. The number of imidazole rings is 1.